The number of hydrogen-bond donors (Lipinski definition) is 4. The Labute approximate surface area is 166 Å². The summed E-state index contributed by atoms with van der Waals surface area (Å²) in [5.74, 6) is 0.0555. The van der Waals surface area contributed by atoms with Crippen molar-refractivity contribution in [2.24, 2.45) is 0 Å². The molecule has 0 heterocycles. The second kappa shape index (κ2) is 8.33. The van der Waals surface area contributed by atoms with Crippen molar-refractivity contribution in [3.8, 4) is 11.5 Å². The number of aliphatic hydroxyl groups excluding tert-OH is 2. The lowest BCUT2D eigenvalue weighted by Crippen LogP contribution is -2.48. The van der Waals surface area contributed by atoms with Gasteiger partial charge in [-0.3, -0.25) is 4.79 Å². The molecule has 5 nitrogen and oxygen atoms in total. The zero-order valence-corrected chi connectivity index (χ0v) is 16.9. The molecule has 4 unspecified atom stereocenters. The summed E-state index contributed by atoms with van der Waals surface area (Å²) >= 11 is 0. The van der Waals surface area contributed by atoms with Gasteiger partial charge < -0.3 is 20.4 Å². The maximum Gasteiger partial charge on any atom is 0.153 e. The molecule has 0 aliphatic rings. The van der Waals surface area contributed by atoms with E-state index in [9.17, 15) is 25.2 Å². The molecule has 0 radical (unpaired) electrons. The summed E-state index contributed by atoms with van der Waals surface area (Å²) in [7, 11) is 0. The molecule has 0 fully saturated rings. The lowest BCUT2D eigenvalue weighted by molar-refractivity contribution is -0.131. The van der Waals surface area contributed by atoms with E-state index in [1.165, 1.54) is 24.3 Å². The average molecular weight is 386 g/mol. The minimum absolute atomic E-state index is 0.0980. The van der Waals surface area contributed by atoms with Crippen molar-refractivity contribution in [3.63, 3.8) is 0 Å². The van der Waals surface area contributed by atoms with Crippen LogP contribution in [-0.2, 0) is 15.6 Å². The molecule has 0 saturated carbocycles. The first kappa shape index (κ1) is 21.9. The van der Waals surface area contributed by atoms with E-state index in [-0.39, 0.29) is 30.1 Å². The van der Waals surface area contributed by atoms with Gasteiger partial charge in [-0.25, -0.2) is 0 Å². The fourth-order valence-corrected chi connectivity index (χ4v) is 4.13. The number of carbonyl (C=O) groups excluding carboxylic acids is 1. The zero-order valence-electron chi connectivity index (χ0n) is 16.9. The zero-order chi connectivity index (χ0) is 21.1. The fourth-order valence-electron chi connectivity index (χ4n) is 4.13. The molecule has 2 rings (SSSR count). The van der Waals surface area contributed by atoms with Gasteiger partial charge in [-0.2, -0.15) is 0 Å². The first-order valence-electron chi connectivity index (χ1n) is 9.49. The molecule has 2 aromatic rings. The van der Waals surface area contributed by atoms with Crippen LogP contribution in [-0.4, -0.2) is 38.4 Å². The minimum Gasteiger partial charge on any atom is -0.508 e. The predicted octanol–water partition coefficient (Wildman–Crippen LogP) is 3.42. The van der Waals surface area contributed by atoms with Crippen molar-refractivity contribution >= 4 is 5.78 Å². The standard InChI is InChI=1S/C23H30O5/c1-15(24)13-22(3,17-5-9-19(26)10-6-17)21(28)23(4,14-16(2)25)18-7-11-20(27)12-8-18/h5-12,15-16,24-27H,13-14H2,1-4H3. The van der Waals surface area contributed by atoms with Gasteiger partial charge in [-0.15, -0.1) is 0 Å². The van der Waals surface area contributed by atoms with Gasteiger partial charge in [0.15, 0.2) is 5.78 Å². The monoisotopic (exact) mass is 386 g/mol. The number of ketones is 1. The summed E-state index contributed by atoms with van der Waals surface area (Å²) in [6.07, 6.45) is -1.05. The number of phenols is 2. The summed E-state index contributed by atoms with van der Waals surface area (Å²) in [6.45, 7) is 6.85. The summed E-state index contributed by atoms with van der Waals surface area (Å²) in [5, 5.41) is 39.5. The Morgan fingerprint density at radius 2 is 1.04 bits per heavy atom. The fraction of sp³-hybridized carbons (Fsp3) is 0.435. The number of phenolic OH excluding ortho intramolecular Hbond substituents is 2. The van der Waals surface area contributed by atoms with Crippen molar-refractivity contribution in [1.29, 1.82) is 0 Å². The van der Waals surface area contributed by atoms with Crippen LogP contribution in [0, 0.1) is 0 Å². The number of carbonyl (C=O) groups is 1. The molecule has 4 N–H and O–H groups in total. The largest absolute Gasteiger partial charge is 0.508 e. The van der Waals surface area contributed by atoms with Crippen LogP contribution in [0.3, 0.4) is 0 Å². The Bertz CT molecular complexity index is 727. The van der Waals surface area contributed by atoms with Gasteiger partial charge in [-0.05, 0) is 75.9 Å². The van der Waals surface area contributed by atoms with E-state index < -0.39 is 23.0 Å². The summed E-state index contributed by atoms with van der Waals surface area (Å²) < 4.78 is 0. The molecule has 152 valence electrons. The highest BCUT2D eigenvalue weighted by Crippen LogP contribution is 2.42. The predicted molar refractivity (Wildman–Crippen MR) is 109 cm³/mol. The Morgan fingerprint density at radius 1 is 0.750 bits per heavy atom. The van der Waals surface area contributed by atoms with Gasteiger partial charge in [0.05, 0.1) is 23.0 Å². The number of aliphatic hydroxyl groups is 2. The van der Waals surface area contributed by atoms with E-state index in [0.717, 1.165) is 0 Å². The molecule has 0 aliphatic carbocycles. The van der Waals surface area contributed by atoms with Crippen molar-refractivity contribution < 1.29 is 25.2 Å². The third-order valence-electron chi connectivity index (χ3n) is 5.42. The molecule has 0 aromatic heterocycles. The summed E-state index contributed by atoms with van der Waals surface area (Å²) in [4.78, 5) is 14.0. The molecule has 0 amide bonds. The van der Waals surface area contributed by atoms with E-state index in [4.69, 9.17) is 0 Å². The molecule has 2 aromatic carbocycles. The Morgan fingerprint density at radius 3 is 1.29 bits per heavy atom. The lowest BCUT2D eigenvalue weighted by atomic mass is 9.62. The van der Waals surface area contributed by atoms with Crippen LogP contribution in [0.25, 0.3) is 0 Å². The third-order valence-corrected chi connectivity index (χ3v) is 5.42. The van der Waals surface area contributed by atoms with Crippen LogP contribution in [0.1, 0.15) is 51.7 Å². The van der Waals surface area contributed by atoms with Crippen LogP contribution in [0.2, 0.25) is 0 Å². The number of aromatic hydroxyl groups is 2. The van der Waals surface area contributed by atoms with Crippen molar-refractivity contribution in [1.82, 2.24) is 0 Å². The molecule has 5 heteroatoms. The number of Topliss-reactive ketones (excluding diaryl/α,β-unsaturated/α-hetero) is 1. The molecule has 0 aliphatic heterocycles. The van der Waals surface area contributed by atoms with Crippen molar-refractivity contribution in [2.75, 3.05) is 0 Å². The molecule has 0 saturated heterocycles. The minimum atomic E-state index is -1.04. The van der Waals surface area contributed by atoms with Crippen LogP contribution in [0.15, 0.2) is 48.5 Å². The average Bonchev–Trinajstić information content (AvgIpc) is 2.60. The summed E-state index contributed by atoms with van der Waals surface area (Å²) in [5.41, 5.74) is -0.703. The normalized spacial score (nSPS) is 17.9. The number of benzene rings is 2. The van der Waals surface area contributed by atoms with Gasteiger partial charge in [-0.1, -0.05) is 24.3 Å². The van der Waals surface area contributed by atoms with Gasteiger partial charge in [0.25, 0.3) is 0 Å². The van der Waals surface area contributed by atoms with Crippen molar-refractivity contribution in [2.45, 2.75) is 63.6 Å². The first-order chi connectivity index (χ1) is 13.0. The van der Waals surface area contributed by atoms with E-state index in [2.05, 4.69) is 0 Å². The number of hydrogen-bond acceptors (Lipinski definition) is 5. The first-order valence-corrected chi connectivity index (χ1v) is 9.49. The maximum absolute atomic E-state index is 14.0. The SMILES string of the molecule is CC(O)CC(C)(C(=O)C(C)(CC(C)O)c1ccc(O)cc1)c1ccc(O)cc1. The quantitative estimate of drug-likeness (QED) is 0.557. The molecule has 0 bridgehead atoms. The van der Waals surface area contributed by atoms with Crippen LogP contribution in [0.4, 0.5) is 0 Å². The molecular formula is C23H30O5. The highest BCUT2D eigenvalue weighted by atomic mass is 16.3. The lowest BCUT2D eigenvalue weighted by Gasteiger charge is -2.40. The van der Waals surface area contributed by atoms with Gasteiger partial charge in [0.2, 0.25) is 0 Å². The second-order valence-corrected chi connectivity index (χ2v) is 8.19. The molecule has 0 spiro atoms. The summed E-state index contributed by atoms with van der Waals surface area (Å²) in [6, 6.07) is 12.9. The highest BCUT2D eigenvalue weighted by molar-refractivity contribution is 5.98. The van der Waals surface area contributed by atoms with Crippen LogP contribution >= 0.6 is 0 Å². The Balaban J connectivity index is 2.62. The molecule has 28 heavy (non-hydrogen) atoms. The van der Waals surface area contributed by atoms with E-state index >= 15 is 0 Å². The van der Waals surface area contributed by atoms with Crippen molar-refractivity contribution in [3.05, 3.63) is 59.7 Å². The Hall–Kier alpha value is -2.37. The third kappa shape index (κ3) is 4.54. The van der Waals surface area contributed by atoms with Crippen LogP contribution in [0.5, 0.6) is 11.5 Å². The van der Waals surface area contributed by atoms with Gasteiger partial charge in [0.1, 0.15) is 11.5 Å². The molecule has 4 atom stereocenters. The maximum atomic E-state index is 14.0. The Kier molecular flexibility index (Phi) is 6.52. The second-order valence-electron chi connectivity index (χ2n) is 8.19. The smallest absolute Gasteiger partial charge is 0.153 e. The van der Waals surface area contributed by atoms with E-state index in [1.54, 1.807) is 52.0 Å². The number of rotatable bonds is 8. The highest BCUT2D eigenvalue weighted by Gasteiger charge is 2.47. The topological polar surface area (TPSA) is 98.0 Å². The van der Waals surface area contributed by atoms with E-state index in [1.807, 2.05) is 0 Å². The van der Waals surface area contributed by atoms with Gasteiger partial charge in [0, 0.05) is 0 Å². The van der Waals surface area contributed by atoms with Crippen LogP contribution < -0.4 is 0 Å². The van der Waals surface area contributed by atoms with Gasteiger partial charge >= 0.3 is 0 Å². The molecular weight excluding hydrogens is 356 g/mol. The van der Waals surface area contributed by atoms with E-state index in [0.29, 0.717) is 11.1 Å².